The largest absolute Gasteiger partial charge is 0.496 e. The number of aromatic nitrogens is 1. The van der Waals surface area contributed by atoms with Gasteiger partial charge in [0.05, 0.1) is 31.1 Å². The molecule has 3 rings (SSSR count). The molecule has 0 unspecified atom stereocenters. The molecule has 7 nitrogen and oxygen atoms in total. The van der Waals surface area contributed by atoms with E-state index in [1.165, 1.54) is 26.4 Å². The highest BCUT2D eigenvalue weighted by atomic mass is 16.5. The van der Waals surface area contributed by atoms with Crippen LogP contribution in [0.5, 0.6) is 5.75 Å². The fourth-order valence-corrected chi connectivity index (χ4v) is 3.06. The second-order valence-corrected chi connectivity index (χ2v) is 6.38. The number of ether oxygens (including phenoxy) is 1. The predicted octanol–water partition coefficient (Wildman–Crippen LogP) is 2.45. The average molecular weight is 368 g/mol. The maximum Gasteiger partial charge on any atom is 0.255 e. The van der Waals surface area contributed by atoms with Gasteiger partial charge in [-0.3, -0.25) is 9.59 Å². The lowest BCUT2D eigenvalue weighted by molar-refractivity contribution is -0.115. The highest BCUT2D eigenvalue weighted by Gasteiger charge is 2.14. The van der Waals surface area contributed by atoms with Crippen molar-refractivity contribution in [3.05, 3.63) is 48.2 Å². The van der Waals surface area contributed by atoms with Crippen LogP contribution in [0.1, 0.15) is 29.6 Å². The van der Waals surface area contributed by atoms with E-state index in [4.69, 9.17) is 4.74 Å². The zero-order valence-corrected chi connectivity index (χ0v) is 15.4. The number of amides is 2. The molecule has 0 saturated carbocycles. The zero-order valence-electron chi connectivity index (χ0n) is 15.4. The molecule has 1 aliphatic rings. The van der Waals surface area contributed by atoms with Gasteiger partial charge in [0, 0.05) is 13.1 Å². The molecule has 7 heteroatoms. The Labute approximate surface area is 158 Å². The van der Waals surface area contributed by atoms with Gasteiger partial charge >= 0.3 is 0 Å². The Hall–Kier alpha value is -3.09. The van der Waals surface area contributed by atoms with Crippen LogP contribution in [0.2, 0.25) is 0 Å². The molecule has 1 saturated heterocycles. The first-order valence-corrected chi connectivity index (χ1v) is 9.09. The molecule has 1 aliphatic heterocycles. The van der Waals surface area contributed by atoms with Crippen molar-refractivity contribution in [2.75, 3.05) is 37.0 Å². The number of methoxy groups -OCH3 is 1. The number of para-hydroxylation sites is 1. The summed E-state index contributed by atoms with van der Waals surface area (Å²) in [5.41, 5.74) is 0.993. The Morgan fingerprint density at radius 2 is 1.89 bits per heavy atom. The van der Waals surface area contributed by atoms with E-state index in [1.807, 2.05) is 12.1 Å². The number of benzene rings is 1. The van der Waals surface area contributed by atoms with E-state index in [2.05, 4.69) is 20.5 Å². The van der Waals surface area contributed by atoms with Gasteiger partial charge in [-0.05, 0) is 43.5 Å². The molecular weight excluding hydrogens is 344 g/mol. The highest BCUT2D eigenvalue weighted by molar-refractivity contribution is 6.00. The number of carbonyl (C=O) groups is 2. The van der Waals surface area contributed by atoms with Crippen molar-refractivity contribution >= 4 is 23.3 Å². The summed E-state index contributed by atoms with van der Waals surface area (Å²) in [4.78, 5) is 31.0. The first-order chi connectivity index (χ1) is 13.2. The molecule has 2 amide bonds. The summed E-state index contributed by atoms with van der Waals surface area (Å²) in [6, 6.07) is 10.6. The summed E-state index contributed by atoms with van der Waals surface area (Å²) in [5, 5.41) is 5.34. The van der Waals surface area contributed by atoms with Crippen LogP contribution >= 0.6 is 0 Å². The van der Waals surface area contributed by atoms with Gasteiger partial charge in [-0.15, -0.1) is 0 Å². The van der Waals surface area contributed by atoms with Crippen LogP contribution in [0.4, 0.5) is 11.5 Å². The van der Waals surface area contributed by atoms with Gasteiger partial charge in [0.15, 0.2) is 0 Å². The van der Waals surface area contributed by atoms with Crippen LogP contribution in [0.25, 0.3) is 0 Å². The Morgan fingerprint density at radius 1 is 1.11 bits per heavy atom. The topological polar surface area (TPSA) is 83.6 Å². The molecule has 0 atom stereocenters. The number of piperidine rings is 1. The predicted molar refractivity (Wildman–Crippen MR) is 104 cm³/mol. The number of pyridine rings is 1. The highest BCUT2D eigenvalue weighted by Crippen LogP contribution is 2.19. The van der Waals surface area contributed by atoms with E-state index in [0.29, 0.717) is 17.0 Å². The molecule has 0 bridgehead atoms. The van der Waals surface area contributed by atoms with Gasteiger partial charge in [-0.25, -0.2) is 4.98 Å². The van der Waals surface area contributed by atoms with E-state index >= 15 is 0 Å². The summed E-state index contributed by atoms with van der Waals surface area (Å²) < 4.78 is 5.16. The number of nitrogens with zero attached hydrogens (tertiary/aromatic N) is 2. The summed E-state index contributed by atoms with van der Waals surface area (Å²) in [7, 11) is 1.50. The Balaban J connectivity index is 1.51. The molecule has 1 fully saturated rings. The summed E-state index contributed by atoms with van der Waals surface area (Å²) in [6.07, 6.45) is 5.28. The van der Waals surface area contributed by atoms with Gasteiger partial charge < -0.3 is 20.3 Å². The van der Waals surface area contributed by atoms with E-state index in [0.717, 1.165) is 18.9 Å². The normalized spacial score (nSPS) is 13.7. The molecule has 2 N–H and O–H groups in total. The molecule has 0 radical (unpaired) electrons. The van der Waals surface area contributed by atoms with Crippen molar-refractivity contribution in [2.24, 2.45) is 0 Å². The minimum Gasteiger partial charge on any atom is -0.496 e. The molecule has 142 valence electrons. The summed E-state index contributed by atoms with van der Waals surface area (Å²) in [6.45, 7) is 1.91. The van der Waals surface area contributed by atoms with Crippen LogP contribution in [0, 0.1) is 0 Å². The standard InChI is InChI=1S/C20H24N4O3/c1-27-17-8-4-3-7-16(17)20(26)22-14-19(25)23-15-9-10-18(21-13-15)24-11-5-2-6-12-24/h3-4,7-10,13H,2,5-6,11-12,14H2,1H3,(H,22,26)(H,23,25). The van der Waals surface area contributed by atoms with Gasteiger partial charge in [-0.2, -0.15) is 0 Å². The maximum atomic E-state index is 12.2. The second-order valence-electron chi connectivity index (χ2n) is 6.38. The Morgan fingerprint density at radius 3 is 2.59 bits per heavy atom. The molecule has 0 aliphatic carbocycles. The lowest BCUT2D eigenvalue weighted by Gasteiger charge is -2.27. The Bertz CT molecular complexity index is 786. The third-order valence-corrected chi connectivity index (χ3v) is 4.47. The number of carbonyl (C=O) groups excluding carboxylic acids is 2. The third-order valence-electron chi connectivity index (χ3n) is 4.47. The number of hydrogen-bond donors (Lipinski definition) is 2. The molecule has 2 aromatic rings. The van der Waals surface area contributed by atoms with Gasteiger partial charge in [0.1, 0.15) is 11.6 Å². The number of rotatable bonds is 6. The van der Waals surface area contributed by atoms with Gasteiger partial charge in [0.2, 0.25) is 5.91 Å². The number of nitrogens with one attached hydrogen (secondary N) is 2. The second kappa shape index (κ2) is 9.02. The molecule has 0 spiro atoms. The fraction of sp³-hybridized carbons (Fsp3) is 0.350. The lowest BCUT2D eigenvalue weighted by atomic mass is 10.1. The van der Waals surface area contributed by atoms with Crippen molar-refractivity contribution in [1.82, 2.24) is 10.3 Å². The molecule has 1 aromatic carbocycles. The van der Waals surface area contributed by atoms with E-state index in [1.54, 1.807) is 30.5 Å². The van der Waals surface area contributed by atoms with E-state index in [-0.39, 0.29) is 18.4 Å². The monoisotopic (exact) mass is 368 g/mol. The maximum absolute atomic E-state index is 12.2. The summed E-state index contributed by atoms with van der Waals surface area (Å²) >= 11 is 0. The molecule has 1 aromatic heterocycles. The zero-order chi connectivity index (χ0) is 19.1. The van der Waals surface area contributed by atoms with Gasteiger partial charge in [-0.1, -0.05) is 12.1 Å². The van der Waals surface area contributed by atoms with E-state index in [9.17, 15) is 9.59 Å². The van der Waals surface area contributed by atoms with Crippen LogP contribution in [-0.2, 0) is 4.79 Å². The van der Waals surface area contributed by atoms with Crippen molar-refractivity contribution in [1.29, 1.82) is 0 Å². The van der Waals surface area contributed by atoms with Crippen molar-refractivity contribution in [3.63, 3.8) is 0 Å². The Kier molecular flexibility index (Phi) is 6.25. The lowest BCUT2D eigenvalue weighted by Crippen LogP contribution is -2.33. The van der Waals surface area contributed by atoms with Gasteiger partial charge in [0.25, 0.3) is 5.91 Å². The molecule has 2 heterocycles. The minimum absolute atomic E-state index is 0.134. The average Bonchev–Trinajstić information content (AvgIpc) is 2.73. The van der Waals surface area contributed by atoms with Crippen molar-refractivity contribution in [3.8, 4) is 5.75 Å². The van der Waals surface area contributed by atoms with E-state index < -0.39 is 0 Å². The fourth-order valence-electron chi connectivity index (χ4n) is 3.06. The molecule has 27 heavy (non-hydrogen) atoms. The number of anilines is 2. The first-order valence-electron chi connectivity index (χ1n) is 9.09. The SMILES string of the molecule is COc1ccccc1C(=O)NCC(=O)Nc1ccc(N2CCCCC2)nc1. The van der Waals surface area contributed by atoms with Crippen molar-refractivity contribution in [2.45, 2.75) is 19.3 Å². The van der Waals surface area contributed by atoms with Crippen LogP contribution in [0.3, 0.4) is 0 Å². The molecular formula is C20H24N4O3. The quantitative estimate of drug-likeness (QED) is 0.818. The number of hydrogen-bond acceptors (Lipinski definition) is 5. The van der Waals surface area contributed by atoms with Crippen molar-refractivity contribution < 1.29 is 14.3 Å². The van der Waals surface area contributed by atoms with Crippen LogP contribution < -0.4 is 20.3 Å². The minimum atomic E-state index is -0.360. The third kappa shape index (κ3) is 4.97. The smallest absolute Gasteiger partial charge is 0.255 e. The summed E-state index contributed by atoms with van der Waals surface area (Å²) in [5.74, 6) is 0.719. The van der Waals surface area contributed by atoms with Crippen LogP contribution in [0.15, 0.2) is 42.6 Å². The van der Waals surface area contributed by atoms with Crippen LogP contribution in [-0.4, -0.2) is 43.5 Å². The first kappa shape index (κ1) is 18.7.